The van der Waals surface area contributed by atoms with Crippen LogP contribution < -0.4 is 5.32 Å². The molecule has 2 fully saturated rings. The van der Waals surface area contributed by atoms with E-state index in [2.05, 4.69) is 24.1 Å². The second-order valence-corrected chi connectivity index (χ2v) is 6.78. The molecule has 0 radical (unpaired) electrons. The zero-order valence-corrected chi connectivity index (χ0v) is 13.4. The molecule has 0 bridgehead atoms. The highest BCUT2D eigenvalue weighted by Crippen LogP contribution is 2.37. The predicted octanol–water partition coefficient (Wildman–Crippen LogP) is 3.20. The minimum atomic E-state index is -0.0496. The quantitative estimate of drug-likeness (QED) is 0.857. The van der Waals surface area contributed by atoms with E-state index < -0.39 is 0 Å². The van der Waals surface area contributed by atoms with Gasteiger partial charge in [-0.15, -0.1) is 0 Å². The number of carbonyl (C=O) groups excluding carboxylic acids is 1. The molecule has 0 aromatic rings. The van der Waals surface area contributed by atoms with Crippen molar-refractivity contribution in [3.05, 3.63) is 0 Å². The van der Waals surface area contributed by atoms with Crippen molar-refractivity contribution in [2.24, 2.45) is 11.3 Å². The zero-order chi connectivity index (χ0) is 14.4. The summed E-state index contributed by atoms with van der Waals surface area (Å²) in [6, 6.07) is 0. The van der Waals surface area contributed by atoms with Gasteiger partial charge in [-0.2, -0.15) is 0 Å². The topological polar surface area (TPSA) is 32.3 Å². The van der Waals surface area contributed by atoms with E-state index >= 15 is 0 Å². The highest BCUT2D eigenvalue weighted by molar-refractivity contribution is 5.83. The lowest BCUT2D eigenvalue weighted by atomic mass is 9.74. The molecule has 2 heterocycles. The maximum Gasteiger partial charge on any atom is 0.228 e. The molecular weight excluding hydrogens is 248 g/mol. The van der Waals surface area contributed by atoms with Crippen molar-refractivity contribution in [3.8, 4) is 0 Å². The summed E-state index contributed by atoms with van der Waals surface area (Å²) in [5, 5.41) is 3.41. The van der Waals surface area contributed by atoms with Gasteiger partial charge in [0.2, 0.25) is 5.91 Å². The third-order valence-electron chi connectivity index (χ3n) is 5.46. The number of carbonyl (C=O) groups is 1. The van der Waals surface area contributed by atoms with Gasteiger partial charge >= 0.3 is 0 Å². The lowest BCUT2D eigenvalue weighted by molar-refractivity contribution is -0.144. The summed E-state index contributed by atoms with van der Waals surface area (Å²) >= 11 is 0. The Morgan fingerprint density at radius 3 is 2.60 bits per heavy atom. The van der Waals surface area contributed by atoms with Crippen LogP contribution in [-0.4, -0.2) is 37.0 Å². The Kier molecular flexibility index (Phi) is 5.88. The Bertz CT molecular complexity index is 305. The van der Waals surface area contributed by atoms with E-state index in [1.54, 1.807) is 0 Å². The average Bonchev–Trinajstić information content (AvgIpc) is 2.73. The summed E-state index contributed by atoms with van der Waals surface area (Å²) in [4.78, 5) is 15.3. The van der Waals surface area contributed by atoms with Gasteiger partial charge in [-0.1, -0.05) is 26.7 Å². The molecular formula is C17H32N2O. The van der Waals surface area contributed by atoms with Crippen molar-refractivity contribution < 1.29 is 4.79 Å². The third-order valence-corrected chi connectivity index (χ3v) is 5.46. The molecule has 0 saturated carbocycles. The SMILES string of the molecule is CCCC1(C(=O)N2CCCC(CC)CC2)CCNCC1. The molecule has 2 rings (SSSR count). The molecule has 2 saturated heterocycles. The normalized spacial score (nSPS) is 27.1. The van der Waals surface area contributed by atoms with Gasteiger partial charge in [0.1, 0.15) is 0 Å². The number of hydrogen-bond acceptors (Lipinski definition) is 2. The number of likely N-dealkylation sites (tertiary alicyclic amines) is 1. The van der Waals surface area contributed by atoms with Crippen LogP contribution in [0, 0.1) is 11.3 Å². The number of hydrogen-bond donors (Lipinski definition) is 1. The van der Waals surface area contributed by atoms with Crippen LogP contribution in [0.15, 0.2) is 0 Å². The van der Waals surface area contributed by atoms with Crippen LogP contribution in [0.4, 0.5) is 0 Å². The lowest BCUT2D eigenvalue weighted by Crippen LogP contribution is -2.49. The highest BCUT2D eigenvalue weighted by atomic mass is 16.2. The Morgan fingerprint density at radius 1 is 1.20 bits per heavy atom. The largest absolute Gasteiger partial charge is 0.342 e. The second kappa shape index (κ2) is 7.44. The van der Waals surface area contributed by atoms with Crippen LogP contribution in [-0.2, 0) is 4.79 Å². The Labute approximate surface area is 124 Å². The van der Waals surface area contributed by atoms with Gasteiger partial charge in [-0.05, 0) is 57.5 Å². The van der Waals surface area contributed by atoms with Crippen LogP contribution in [0.5, 0.6) is 0 Å². The molecule has 0 aromatic carbocycles. The zero-order valence-electron chi connectivity index (χ0n) is 13.4. The van der Waals surface area contributed by atoms with Gasteiger partial charge in [0, 0.05) is 13.1 Å². The van der Waals surface area contributed by atoms with Crippen LogP contribution in [0.1, 0.15) is 65.2 Å². The number of nitrogens with zero attached hydrogens (tertiary/aromatic N) is 1. The maximum atomic E-state index is 13.1. The average molecular weight is 280 g/mol. The van der Waals surface area contributed by atoms with E-state index in [4.69, 9.17) is 0 Å². The van der Waals surface area contributed by atoms with Gasteiger partial charge in [-0.25, -0.2) is 0 Å². The minimum absolute atomic E-state index is 0.0496. The highest BCUT2D eigenvalue weighted by Gasteiger charge is 2.41. The molecule has 3 nitrogen and oxygen atoms in total. The number of piperidine rings is 1. The van der Waals surface area contributed by atoms with Crippen molar-refractivity contribution in [1.29, 1.82) is 0 Å². The number of amides is 1. The Balaban J connectivity index is 2.03. The lowest BCUT2D eigenvalue weighted by Gasteiger charge is -2.40. The molecule has 20 heavy (non-hydrogen) atoms. The van der Waals surface area contributed by atoms with Crippen molar-refractivity contribution >= 4 is 5.91 Å². The molecule has 1 atom stereocenters. The summed E-state index contributed by atoms with van der Waals surface area (Å²) in [6.07, 6.45) is 9.25. The molecule has 3 heteroatoms. The second-order valence-electron chi connectivity index (χ2n) is 6.78. The Morgan fingerprint density at radius 2 is 1.95 bits per heavy atom. The first kappa shape index (κ1) is 15.8. The van der Waals surface area contributed by atoms with Crippen LogP contribution >= 0.6 is 0 Å². The van der Waals surface area contributed by atoms with Gasteiger partial charge < -0.3 is 10.2 Å². The molecule has 1 N–H and O–H groups in total. The van der Waals surface area contributed by atoms with Gasteiger partial charge in [0.25, 0.3) is 0 Å². The van der Waals surface area contributed by atoms with Gasteiger partial charge in [-0.3, -0.25) is 4.79 Å². The van der Waals surface area contributed by atoms with Crippen LogP contribution in [0.25, 0.3) is 0 Å². The van der Waals surface area contributed by atoms with Crippen molar-refractivity contribution in [2.75, 3.05) is 26.2 Å². The summed E-state index contributed by atoms with van der Waals surface area (Å²) in [5.41, 5.74) is -0.0496. The monoisotopic (exact) mass is 280 g/mol. The van der Waals surface area contributed by atoms with E-state index in [0.29, 0.717) is 5.91 Å². The summed E-state index contributed by atoms with van der Waals surface area (Å²) in [5.74, 6) is 1.31. The molecule has 2 aliphatic heterocycles. The molecule has 1 unspecified atom stereocenters. The van der Waals surface area contributed by atoms with Crippen molar-refractivity contribution in [2.45, 2.75) is 65.2 Å². The fraction of sp³-hybridized carbons (Fsp3) is 0.941. The maximum absolute atomic E-state index is 13.1. The van der Waals surface area contributed by atoms with Gasteiger partial charge in [0.15, 0.2) is 0 Å². The van der Waals surface area contributed by atoms with E-state index in [9.17, 15) is 4.79 Å². The first-order valence-electron chi connectivity index (χ1n) is 8.72. The number of nitrogens with one attached hydrogen (secondary N) is 1. The van der Waals surface area contributed by atoms with E-state index in [-0.39, 0.29) is 5.41 Å². The summed E-state index contributed by atoms with van der Waals surface area (Å²) in [6.45, 7) is 8.51. The van der Waals surface area contributed by atoms with Crippen LogP contribution in [0.2, 0.25) is 0 Å². The Hall–Kier alpha value is -0.570. The first-order valence-corrected chi connectivity index (χ1v) is 8.72. The van der Waals surface area contributed by atoms with E-state index in [0.717, 1.165) is 57.8 Å². The van der Waals surface area contributed by atoms with Crippen LogP contribution in [0.3, 0.4) is 0 Å². The molecule has 0 aromatic heterocycles. The fourth-order valence-electron chi connectivity index (χ4n) is 4.07. The molecule has 116 valence electrons. The smallest absolute Gasteiger partial charge is 0.228 e. The summed E-state index contributed by atoms with van der Waals surface area (Å²) < 4.78 is 0. The van der Waals surface area contributed by atoms with E-state index in [1.165, 1.54) is 25.7 Å². The standard InChI is InChI=1S/C17H32N2O/c1-3-8-17(9-11-18-12-10-17)16(20)19-13-5-6-15(4-2)7-14-19/h15,18H,3-14H2,1-2H3. The molecule has 0 spiro atoms. The van der Waals surface area contributed by atoms with Crippen molar-refractivity contribution in [3.63, 3.8) is 0 Å². The molecule has 0 aliphatic carbocycles. The van der Waals surface area contributed by atoms with E-state index in [1.807, 2.05) is 0 Å². The third kappa shape index (κ3) is 3.55. The fourth-order valence-corrected chi connectivity index (χ4v) is 4.07. The minimum Gasteiger partial charge on any atom is -0.342 e. The summed E-state index contributed by atoms with van der Waals surface area (Å²) in [7, 11) is 0. The molecule has 1 amide bonds. The van der Waals surface area contributed by atoms with Gasteiger partial charge in [0.05, 0.1) is 5.41 Å². The first-order chi connectivity index (χ1) is 9.72. The number of rotatable bonds is 4. The van der Waals surface area contributed by atoms with Crippen molar-refractivity contribution in [1.82, 2.24) is 10.2 Å². The predicted molar refractivity (Wildman–Crippen MR) is 83.7 cm³/mol. The molecule has 2 aliphatic rings.